The minimum atomic E-state index is -1.00. The quantitative estimate of drug-likeness (QED) is 0.876. The molecular weight excluding hydrogens is 290 g/mol. The predicted octanol–water partition coefficient (Wildman–Crippen LogP) is 3.54. The van der Waals surface area contributed by atoms with Gasteiger partial charge in [0.15, 0.2) is 11.6 Å². The van der Waals surface area contributed by atoms with E-state index in [4.69, 9.17) is 18.0 Å². The summed E-state index contributed by atoms with van der Waals surface area (Å²) in [6, 6.07) is 10.7. The third kappa shape index (κ3) is 3.19. The largest absolute Gasteiger partial charge is 0.389 e. The summed E-state index contributed by atoms with van der Waals surface area (Å²) in [5.74, 6) is -1.94. The lowest BCUT2D eigenvalue weighted by molar-refractivity contribution is 0.506. The standard InChI is InChI=1S/C16H16F2N2S/c1-10-5-3-4-6-11(10)9-20(2)13-8-7-12(16(19)21)14(17)15(13)18/h3-8H,9H2,1-2H3,(H2,19,21). The van der Waals surface area contributed by atoms with Crippen LogP contribution >= 0.6 is 12.2 Å². The normalized spacial score (nSPS) is 10.5. The van der Waals surface area contributed by atoms with Gasteiger partial charge in [-0.1, -0.05) is 36.5 Å². The molecule has 2 aromatic rings. The fourth-order valence-corrected chi connectivity index (χ4v) is 2.31. The van der Waals surface area contributed by atoms with Crippen LogP contribution in [0.3, 0.4) is 0 Å². The molecule has 5 heteroatoms. The lowest BCUT2D eigenvalue weighted by Gasteiger charge is -2.22. The number of halogens is 2. The van der Waals surface area contributed by atoms with Crippen molar-refractivity contribution in [1.29, 1.82) is 0 Å². The van der Waals surface area contributed by atoms with E-state index in [1.807, 2.05) is 31.2 Å². The first kappa shape index (κ1) is 15.4. The molecule has 2 N–H and O–H groups in total. The lowest BCUT2D eigenvalue weighted by atomic mass is 10.1. The molecule has 0 fully saturated rings. The lowest BCUT2D eigenvalue weighted by Crippen LogP contribution is -2.20. The van der Waals surface area contributed by atoms with Crippen LogP contribution in [0.15, 0.2) is 36.4 Å². The van der Waals surface area contributed by atoms with Crippen LogP contribution in [0, 0.1) is 18.6 Å². The number of anilines is 1. The van der Waals surface area contributed by atoms with E-state index < -0.39 is 11.6 Å². The maximum Gasteiger partial charge on any atom is 0.182 e. The maximum atomic E-state index is 14.1. The highest BCUT2D eigenvalue weighted by Gasteiger charge is 2.17. The Morgan fingerprint density at radius 2 is 1.81 bits per heavy atom. The van der Waals surface area contributed by atoms with Crippen molar-refractivity contribution in [1.82, 2.24) is 0 Å². The molecule has 2 nitrogen and oxygen atoms in total. The summed E-state index contributed by atoms with van der Waals surface area (Å²) in [6.07, 6.45) is 0. The zero-order valence-corrected chi connectivity index (χ0v) is 12.7. The van der Waals surface area contributed by atoms with Crippen molar-refractivity contribution in [2.45, 2.75) is 13.5 Å². The number of nitrogens with two attached hydrogens (primary N) is 1. The summed E-state index contributed by atoms with van der Waals surface area (Å²) >= 11 is 4.70. The second-order valence-electron chi connectivity index (χ2n) is 4.91. The number of aryl methyl sites for hydroxylation is 1. The fraction of sp³-hybridized carbons (Fsp3) is 0.188. The Kier molecular flexibility index (Phi) is 4.53. The van der Waals surface area contributed by atoms with Crippen LogP contribution < -0.4 is 10.6 Å². The number of nitrogens with zero attached hydrogens (tertiary/aromatic N) is 1. The van der Waals surface area contributed by atoms with Gasteiger partial charge in [-0.25, -0.2) is 8.78 Å². The molecule has 0 heterocycles. The van der Waals surface area contributed by atoms with E-state index in [-0.39, 0.29) is 16.2 Å². The molecule has 0 radical (unpaired) electrons. The maximum absolute atomic E-state index is 14.1. The van der Waals surface area contributed by atoms with Gasteiger partial charge in [0.05, 0.1) is 5.69 Å². The van der Waals surface area contributed by atoms with E-state index >= 15 is 0 Å². The Labute approximate surface area is 128 Å². The van der Waals surface area contributed by atoms with Crippen molar-refractivity contribution in [2.75, 3.05) is 11.9 Å². The first-order valence-corrected chi connectivity index (χ1v) is 6.86. The van der Waals surface area contributed by atoms with Crippen LogP contribution in [0.4, 0.5) is 14.5 Å². The molecule has 110 valence electrons. The third-order valence-corrected chi connectivity index (χ3v) is 3.63. The van der Waals surface area contributed by atoms with E-state index in [2.05, 4.69) is 0 Å². The van der Waals surface area contributed by atoms with Crippen molar-refractivity contribution >= 4 is 22.9 Å². The molecule has 0 aliphatic carbocycles. The molecule has 0 amide bonds. The molecule has 0 spiro atoms. The minimum absolute atomic E-state index is 0.0736. The molecule has 0 saturated carbocycles. The highest BCUT2D eigenvalue weighted by atomic mass is 32.1. The molecule has 0 aliphatic heterocycles. The summed E-state index contributed by atoms with van der Waals surface area (Å²) in [6.45, 7) is 2.46. The van der Waals surface area contributed by atoms with Gasteiger partial charge < -0.3 is 10.6 Å². The van der Waals surface area contributed by atoms with Crippen molar-refractivity contribution in [3.63, 3.8) is 0 Å². The molecule has 0 bridgehead atoms. The number of hydrogen-bond acceptors (Lipinski definition) is 2. The van der Waals surface area contributed by atoms with Gasteiger partial charge >= 0.3 is 0 Å². The second kappa shape index (κ2) is 6.18. The van der Waals surface area contributed by atoms with Gasteiger partial charge in [0.1, 0.15) is 4.99 Å². The van der Waals surface area contributed by atoms with Gasteiger partial charge in [-0.2, -0.15) is 0 Å². The van der Waals surface area contributed by atoms with E-state index in [0.29, 0.717) is 6.54 Å². The molecule has 0 unspecified atom stereocenters. The Hall–Kier alpha value is -2.01. The van der Waals surface area contributed by atoms with Crippen molar-refractivity contribution in [2.24, 2.45) is 5.73 Å². The van der Waals surface area contributed by atoms with Crippen LogP contribution in [0.1, 0.15) is 16.7 Å². The van der Waals surface area contributed by atoms with Gasteiger partial charge in [-0.3, -0.25) is 0 Å². The smallest absolute Gasteiger partial charge is 0.182 e. The number of hydrogen-bond donors (Lipinski definition) is 1. The van der Waals surface area contributed by atoms with Crippen LogP contribution in [0.2, 0.25) is 0 Å². The van der Waals surface area contributed by atoms with Crippen LogP contribution in [-0.4, -0.2) is 12.0 Å². The second-order valence-corrected chi connectivity index (χ2v) is 5.35. The summed E-state index contributed by atoms with van der Waals surface area (Å²) in [4.78, 5) is 1.50. The number of benzene rings is 2. The van der Waals surface area contributed by atoms with Gasteiger partial charge in [-0.15, -0.1) is 0 Å². The van der Waals surface area contributed by atoms with Gasteiger partial charge in [0, 0.05) is 19.2 Å². The summed E-state index contributed by atoms with van der Waals surface area (Å²) in [5, 5.41) is 0. The molecule has 0 atom stereocenters. The topological polar surface area (TPSA) is 29.3 Å². The van der Waals surface area contributed by atoms with E-state index in [0.717, 1.165) is 11.1 Å². The molecule has 21 heavy (non-hydrogen) atoms. The van der Waals surface area contributed by atoms with Crippen molar-refractivity contribution in [3.8, 4) is 0 Å². The molecule has 2 aromatic carbocycles. The monoisotopic (exact) mass is 306 g/mol. The first-order chi connectivity index (χ1) is 9.91. The van der Waals surface area contributed by atoms with Crippen LogP contribution in [-0.2, 0) is 6.54 Å². The zero-order valence-electron chi connectivity index (χ0n) is 11.9. The molecule has 0 aliphatic rings. The Balaban J connectivity index is 2.32. The SMILES string of the molecule is Cc1ccccc1CN(C)c1ccc(C(N)=S)c(F)c1F. The summed E-state index contributed by atoms with van der Waals surface area (Å²) < 4.78 is 28.1. The molecule has 0 aromatic heterocycles. The Bertz CT molecular complexity index is 686. The summed E-state index contributed by atoms with van der Waals surface area (Å²) in [7, 11) is 1.71. The Morgan fingerprint density at radius 1 is 1.14 bits per heavy atom. The zero-order chi connectivity index (χ0) is 15.6. The van der Waals surface area contributed by atoms with E-state index in [1.54, 1.807) is 11.9 Å². The average Bonchev–Trinajstić information content (AvgIpc) is 2.43. The average molecular weight is 306 g/mol. The van der Waals surface area contributed by atoms with Crippen molar-refractivity contribution in [3.05, 3.63) is 64.7 Å². The molecular formula is C16H16F2N2S. The fourth-order valence-electron chi connectivity index (χ4n) is 2.15. The van der Waals surface area contributed by atoms with E-state index in [1.165, 1.54) is 12.1 Å². The number of thiocarbonyl (C=S) groups is 1. The summed E-state index contributed by atoms with van der Waals surface area (Å²) in [5.41, 5.74) is 7.62. The van der Waals surface area contributed by atoms with Gasteiger partial charge in [0.2, 0.25) is 0 Å². The Morgan fingerprint density at radius 3 is 2.43 bits per heavy atom. The highest BCUT2D eigenvalue weighted by Crippen LogP contribution is 2.25. The minimum Gasteiger partial charge on any atom is -0.389 e. The van der Waals surface area contributed by atoms with Crippen LogP contribution in [0.25, 0.3) is 0 Å². The molecule has 2 rings (SSSR count). The third-order valence-electron chi connectivity index (χ3n) is 3.41. The first-order valence-electron chi connectivity index (χ1n) is 6.45. The number of rotatable bonds is 4. The van der Waals surface area contributed by atoms with Crippen LogP contribution in [0.5, 0.6) is 0 Å². The van der Waals surface area contributed by atoms with Gasteiger partial charge in [0.25, 0.3) is 0 Å². The predicted molar refractivity (Wildman–Crippen MR) is 85.5 cm³/mol. The molecule has 0 saturated heterocycles. The van der Waals surface area contributed by atoms with Gasteiger partial charge in [-0.05, 0) is 30.2 Å². The van der Waals surface area contributed by atoms with E-state index in [9.17, 15) is 8.78 Å². The van der Waals surface area contributed by atoms with Crippen molar-refractivity contribution < 1.29 is 8.78 Å². The highest BCUT2D eigenvalue weighted by molar-refractivity contribution is 7.80.